The smallest absolute Gasteiger partial charge is 0.115 e. The molecule has 3 atom stereocenters. The van der Waals surface area contributed by atoms with Gasteiger partial charge in [0, 0.05) is 47.0 Å². The second kappa shape index (κ2) is 6.38. The molecular weight excluding hydrogens is 377 g/mol. The van der Waals surface area contributed by atoms with E-state index in [0.717, 1.165) is 53.6 Å². The lowest BCUT2D eigenvalue weighted by molar-refractivity contribution is 0.0203. The van der Waals surface area contributed by atoms with Crippen molar-refractivity contribution in [1.82, 2.24) is 14.5 Å². The molecule has 1 fully saturated rings. The summed E-state index contributed by atoms with van der Waals surface area (Å²) in [5.41, 5.74) is 6.82. The zero-order valence-electron chi connectivity index (χ0n) is 17.7. The van der Waals surface area contributed by atoms with Crippen molar-refractivity contribution in [1.29, 1.82) is 0 Å². The van der Waals surface area contributed by atoms with Crippen LogP contribution in [0, 0.1) is 6.92 Å². The summed E-state index contributed by atoms with van der Waals surface area (Å²) in [6, 6.07) is 9.01. The largest absolute Gasteiger partial charge is 0.383 e. The highest BCUT2D eigenvalue weighted by Gasteiger charge is 2.43. The van der Waals surface area contributed by atoms with Gasteiger partial charge in [0.2, 0.25) is 0 Å². The van der Waals surface area contributed by atoms with Gasteiger partial charge in [0.25, 0.3) is 0 Å². The fourth-order valence-electron chi connectivity index (χ4n) is 6.29. The maximum atomic E-state index is 13.5. The Morgan fingerprint density at radius 2 is 2.13 bits per heavy atom. The minimum absolute atomic E-state index is 0.398. The van der Waals surface area contributed by atoms with Gasteiger partial charge in [-0.1, -0.05) is 6.07 Å². The second-order valence-electron chi connectivity index (χ2n) is 9.56. The van der Waals surface area contributed by atoms with Crippen LogP contribution in [0.1, 0.15) is 58.9 Å². The molecule has 1 aromatic carbocycles. The maximum absolute atomic E-state index is 13.5. The lowest BCUT2D eigenvalue weighted by Crippen LogP contribution is -2.36. The predicted octanol–water partition coefficient (Wildman–Crippen LogP) is 4.34. The highest BCUT2D eigenvalue weighted by molar-refractivity contribution is 5.87. The van der Waals surface area contributed by atoms with E-state index in [9.17, 15) is 9.50 Å². The quantitative estimate of drug-likeness (QED) is 0.705. The third kappa shape index (κ3) is 2.48. The average molecular weight is 406 g/mol. The van der Waals surface area contributed by atoms with Crippen molar-refractivity contribution in [2.75, 3.05) is 7.05 Å². The first-order valence-electron chi connectivity index (χ1n) is 11.1. The zero-order chi connectivity index (χ0) is 20.6. The molecule has 4 heterocycles. The number of benzene rings is 1. The van der Waals surface area contributed by atoms with Crippen LogP contribution in [0.2, 0.25) is 0 Å². The van der Waals surface area contributed by atoms with Gasteiger partial charge in [-0.15, -0.1) is 0 Å². The van der Waals surface area contributed by atoms with Gasteiger partial charge < -0.3 is 9.67 Å². The van der Waals surface area contributed by atoms with Crippen LogP contribution < -0.4 is 0 Å². The van der Waals surface area contributed by atoms with E-state index in [1.807, 2.05) is 25.3 Å². The molecule has 156 valence electrons. The number of nitrogens with zero attached hydrogens (tertiary/aromatic N) is 3. The molecule has 5 heteroatoms. The maximum Gasteiger partial charge on any atom is 0.115 e. The van der Waals surface area contributed by atoms with Gasteiger partial charge in [0.1, 0.15) is 12.3 Å². The lowest BCUT2D eigenvalue weighted by atomic mass is 9.95. The van der Waals surface area contributed by atoms with Crippen LogP contribution in [-0.4, -0.2) is 32.6 Å². The second-order valence-corrected chi connectivity index (χ2v) is 9.56. The van der Waals surface area contributed by atoms with Crippen molar-refractivity contribution in [3.63, 3.8) is 0 Å². The van der Waals surface area contributed by atoms with Crippen LogP contribution in [0.4, 0.5) is 4.39 Å². The first-order chi connectivity index (χ1) is 14.5. The van der Waals surface area contributed by atoms with Crippen molar-refractivity contribution in [2.45, 2.75) is 69.9 Å². The van der Waals surface area contributed by atoms with E-state index >= 15 is 0 Å². The molecule has 1 N–H and O–H groups in total. The minimum Gasteiger partial charge on any atom is -0.383 e. The molecule has 0 saturated carbocycles. The Bertz CT molecular complexity index is 1170. The Hall–Kier alpha value is -2.24. The first-order valence-corrected chi connectivity index (χ1v) is 11.1. The Morgan fingerprint density at radius 3 is 2.97 bits per heavy atom. The number of rotatable bonds is 3. The van der Waals surface area contributed by atoms with Gasteiger partial charge in [-0.25, -0.2) is 4.39 Å². The molecule has 1 saturated heterocycles. The third-order valence-corrected chi connectivity index (χ3v) is 7.89. The van der Waals surface area contributed by atoms with E-state index in [0.29, 0.717) is 18.6 Å². The Morgan fingerprint density at radius 1 is 1.27 bits per heavy atom. The number of aliphatic hydroxyl groups is 1. The van der Waals surface area contributed by atoms with Crippen molar-refractivity contribution in [3.8, 4) is 0 Å². The summed E-state index contributed by atoms with van der Waals surface area (Å²) >= 11 is 0. The van der Waals surface area contributed by atoms with Gasteiger partial charge in [0.15, 0.2) is 0 Å². The van der Waals surface area contributed by atoms with Crippen LogP contribution in [0.5, 0.6) is 0 Å². The molecule has 3 unspecified atom stereocenters. The number of pyridine rings is 1. The normalized spacial score (nSPS) is 27.6. The number of alkyl halides is 1. The average Bonchev–Trinajstić information content (AvgIpc) is 3.30. The molecule has 0 spiro atoms. The summed E-state index contributed by atoms with van der Waals surface area (Å²) in [6.07, 6.45) is 6.87. The van der Waals surface area contributed by atoms with Crippen molar-refractivity contribution < 1.29 is 9.50 Å². The fraction of sp³-hybridized carbons (Fsp3) is 0.480. The topological polar surface area (TPSA) is 41.3 Å². The standard InChI is InChI=1S/C25H28FN3O/c1-15-9-20-17(13-27-15)7-8-25(20,30)14-29-21-5-3-16(12-26)10-19(21)24-22-6-4-18(28(22)2)11-23(24)29/h3,5,9-10,13,18,22,30H,4,6-8,11-12,14H2,1-2H3. The number of fused-ring (bicyclic) bond motifs is 7. The highest BCUT2D eigenvalue weighted by atomic mass is 19.1. The summed E-state index contributed by atoms with van der Waals surface area (Å²) in [4.78, 5) is 6.93. The van der Waals surface area contributed by atoms with Gasteiger partial charge in [-0.2, -0.15) is 0 Å². The summed E-state index contributed by atoms with van der Waals surface area (Å²) in [5.74, 6) is 0. The number of hydrogen-bond donors (Lipinski definition) is 1. The number of hydrogen-bond acceptors (Lipinski definition) is 3. The monoisotopic (exact) mass is 405 g/mol. The van der Waals surface area contributed by atoms with Crippen molar-refractivity contribution >= 4 is 10.9 Å². The molecule has 2 bridgehead atoms. The summed E-state index contributed by atoms with van der Waals surface area (Å²) < 4.78 is 15.8. The van der Waals surface area contributed by atoms with E-state index in [4.69, 9.17) is 0 Å². The molecule has 1 aliphatic carbocycles. The molecule has 2 aliphatic heterocycles. The zero-order valence-corrected chi connectivity index (χ0v) is 17.7. The molecule has 6 rings (SSSR count). The summed E-state index contributed by atoms with van der Waals surface area (Å²) in [7, 11) is 2.23. The molecule has 0 radical (unpaired) electrons. The SMILES string of the molecule is Cc1cc2c(cn1)CCC2(O)Cn1c2c(c3cc(CF)ccc31)C1CCC(C2)N1C. The van der Waals surface area contributed by atoms with Gasteiger partial charge in [-0.3, -0.25) is 9.88 Å². The van der Waals surface area contributed by atoms with Crippen molar-refractivity contribution in [3.05, 3.63) is 64.1 Å². The van der Waals surface area contributed by atoms with Crippen LogP contribution in [0.15, 0.2) is 30.5 Å². The molecule has 3 aromatic rings. The van der Waals surface area contributed by atoms with E-state index < -0.39 is 12.3 Å². The Labute approximate surface area is 176 Å². The number of aromatic nitrogens is 2. The van der Waals surface area contributed by atoms with E-state index in [1.54, 1.807) is 0 Å². The van der Waals surface area contributed by atoms with Crippen molar-refractivity contribution in [2.24, 2.45) is 0 Å². The number of halogens is 1. The number of likely N-dealkylation sites (N-methyl/N-ethyl adjacent to an activating group) is 1. The van der Waals surface area contributed by atoms with Crippen LogP contribution in [0.3, 0.4) is 0 Å². The minimum atomic E-state index is -0.885. The van der Waals surface area contributed by atoms with Crippen LogP contribution in [-0.2, 0) is 31.7 Å². The van der Waals surface area contributed by atoms with Crippen LogP contribution >= 0.6 is 0 Å². The van der Waals surface area contributed by atoms with Crippen LogP contribution in [0.25, 0.3) is 10.9 Å². The summed E-state index contributed by atoms with van der Waals surface area (Å²) in [5, 5.41) is 13.0. The van der Waals surface area contributed by atoms with Gasteiger partial charge in [-0.05, 0) is 80.1 Å². The molecular formula is C25H28FN3O. The molecule has 2 aromatic heterocycles. The molecule has 3 aliphatic rings. The fourth-order valence-corrected chi connectivity index (χ4v) is 6.29. The molecule has 4 nitrogen and oxygen atoms in total. The summed E-state index contributed by atoms with van der Waals surface area (Å²) in [6.45, 7) is 2.09. The predicted molar refractivity (Wildman–Crippen MR) is 115 cm³/mol. The van der Waals surface area contributed by atoms with E-state index in [-0.39, 0.29) is 0 Å². The molecule has 0 amide bonds. The first kappa shape index (κ1) is 18.5. The molecule has 30 heavy (non-hydrogen) atoms. The van der Waals surface area contributed by atoms with E-state index in [1.165, 1.54) is 23.1 Å². The number of aryl methyl sites for hydroxylation is 2. The third-order valence-electron chi connectivity index (χ3n) is 7.89. The van der Waals surface area contributed by atoms with Gasteiger partial charge in [0.05, 0.1) is 6.54 Å². The Balaban J connectivity index is 1.53. The van der Waals surface area contributed by atoms with E-state index in [2.05, 4.69) is 33.6 Å². The van der Waals surface area contributed by atoms with Gasteiger partial charge >= 0.3 is 0 Å². The Kier molecular flexibility index (Phi) is 3.94. The lowest BCUT2D eigenvalue weighted by Gasteiger charge is -2.33. The highest BCUT2D eigenvalue weighted by Crippen LogP contribution is 2.48.